The van der Waals surface area contributed by atoms with Crippen LogP contribution in [0.5, 0.6) is 0 Å². The molecule has 1 aliphatic rings. The molecule has 7 atom stereocenters. The maximum Gasteiger partial charge on any atom is 0.326 e. The molecule has 0 aliphatic carbocycles. The van der Waals surface area contributed by atoms with E-state index < -0.39 is 116 Å². The Kier molecular flexibility index (Phi) is 16.7. The molecule has 20 nitrogen and oxygen atoms in total. The van der Waals surface area contributed by atoms with Gasteiger partial charge in [0.1, 0.15) is 36.3 Å². The zero-order valence-corrected chi connectivity index (χ0v) is 26.4. The summed E-state index contributed by atoms with van der Waals surface area (Å²) in [4.78, 5) is 99.9. The molecule has 1 fully saturated rings. The zero-order valence-electron chi connectivity index (χ0n) is 26.4. The number of hydrogen-bond acceptors (Lipinski definition) is 12. The number of carbonyl (C=O) groups is 8. The van der Waals surface area contributed by atoms with E-state index in [0.717, 1.165) is 4.90 Å². The molecular weight excluding hydrogens is 628 g/mol. The van der Waals surface area contributed by atoms with Gasteiger partial charge in [-0.05, 0) is 32.1 Å². The van der Waals surface area contributed by atoms with E-state index in [9.17, 15) is 58.8 Å². The number of nitrogens with two attached hydrogens (primary N) is 2. The van der Waals surface area contributed by atoms with Crippen LogP contribution in [0.2, 0.25) is 0 Å². The summed E-state index contributed by atoms with van der Waals surface area (Å²) < 4.78 is 0. The van der Waals surface area contributed by atoms with Crippen molar-refractivity contribution in [3.05, 3.63) is 0 Å². The second kappa shape index (κ2) is 19.3. The van der Waals surface area contributed by atoms with Gasteiger partial charge < -0.3 is 63.4 Å². The molecule has 7 amide bonds. The number of hydrogen-bond donors (Lipinski definition) is 11. The quantitative estimate of drug-likeness (QED) is 0.0608. The average Bonchev–Trinajstić information content (AvgIpc) is 3.49. The van der Waals surface area contributed by atoms with Crippen molar-refractivity contribution >= 4 is 47.3 Å². The lowest BCUT2D eigenvalue weighted by molar-refractivity contribution is -0.143. The first kappa shape index (κ1) is 40.6. The SMILES string of the molecule is CC(C)C[C@H](NC(=O)[C@H](CO)NC(=O)[C@H](CO)NC(=O)[C@@H]1CCCN1C(=O)[C@H](CO)NC(=O)[C@H](C)NC(=O)[C@@H](N)CC(N)=O)C(=O)O. The summed E-state index contributed by atoms with van der Waals surface area (Å²) in [5.74, 6) is -7.86. The third kappa shape index (κ3) is 12.7. The van der Waals surface area contributed by atoms with Crippen LogP contribution in [0.4, 0.5) is 0 Å². The summed E-state index contributed by atoms with van der Waals surface area (Å²) in [6.07, 6.45) is 0.0342. The molecule has 0 bridgehead atoms. The highest BCUT2D eigenvalue weighted by Gasteiger charge is 2.39. The van der Waals surface area contributed by atoms with E-state index >= 15 is 0 Å². The number of primary amides is 1. The normalized spacial score (nSPS) is 18.1. The molecule has 20 heteroatoms. The van der Waals surface area contributed by atoms with Crippen molar-refractivity contribution in [2.45, 2.75) is 88.7 Å². The molecule has 0 spiro atoms. The van der Waals surface area contributed by atoms with Gasteiger partial charge in [0, 0.05) is 6.54 Å². The smallest absolute Gasteiger partial charge is 0.326 e. The third-order valence-corrected chi connectivity index (χ3v) is 7.10. The maximum absolute atomic E-state index is 13.2. The number of nitrogens with one attached hydrogen (secondary N) is 5. The molecular formula is C27H46N8O12. The number of amides is 7. The van der Waals surface area contributed by atoms with Crippen LogP contribution in [0.1, 0.15) is 46.5 Å². The van der Waals surface area contributed by atoms with Crippen LogP contribution in [0.3, 0.4) is 0 Å². The first-order chi connectivity index (χ1) is 22.0. The van der Waals surface area contributed by atoms with Crippen LogP contribution in [0, 0.1) is 5.92 Å². The number of rotatable bonds is 19. The van der Waals surface area contributed by atoms with Gasteiger partial charge in [-0.2, -0.15) is 0 Å². The number of aliphatic carboxylic acids is 1. The second-order valence-corrected chi connectivity index (χ2v) is 11.5. The average molecular weight is 675 g/mol. The molecule has 266 valence electrons. The number of aliphatic hydroxyl groups is 3. The Morgan fingerprint density at radius 3 is 1.74 bits per heavy atom. The Morgan fingerprint density at radius 1 is 0.745 bits per heavy atom. The van der Waals surface area contributed by atoms with Crippen LogP contribution in [-0.4, -0.2) is 141 Å². The predicted octanol–water partition coefficient (Wildman–Crippen LogP) is -6.27. The van der Waals surface area contributed by atoms with Gasteiger partial charge in [-0.3, -0.25) is 33.6 Å². The number of nitrogens with zero attached hydrogens (tertiary/aromatic N) is 1. The molecule has 13 N–H and O–H groups in total. The van der Waals surface area contributed by atoms with Gasteiger partial charge in [0.05, 0.1) is 32.3 Å². The van der Waals surface area contributed by atoms with Gasteiger partial charge in [-0.25, -0.2) is 4.79 Å². The van der Waals surface area contributed by atoms with Crippen molar-refractivity contribution in [3.63, 3.8) is 0 Å². The Labute approximate surface area is 270 Å². The minimum absolute atomic E-state index is 0.0292. The van der Waals surface area contributed by atoms with Crippen molar-refractivity contribution in [1.29, 1.82) is 0 Å². The summed E-state index contributed by atoms with van der Waals surface area (Å²) in [5, 5.41) is 49.7. The topological polar surface area (TPSA) is 333 Å². The lowest BCUT2D eigenvalue weighted by Crippen LogP contribution is -2.60. The fraction of sp³-hybridized carbons (Fsp3) is 0.704. The summed E-state index contributed by atoms with van der Waals surface area (Å²) in [6, 6.07) is -9.87. The van der Waals surface area contributed by atoms with Gasteiger partial charge in [0.2, 0.25) is 41.4 Å². The highest BCUT2D eigenvalue weighted by molar-refractivity contribution is 5.97. The van der Waals surface area contributed by atoms with Crippen molar-refractivity contribution in [1.82, 2.24) is 31.5 Å². The van der Waals surface area contributed by atoms with Crippen molar-refractivity contribution in [3.8, 4) is 0 Å². The van der Waals surface area contributed by atoms with Crippen LogP contribution in [-0.2, 0) is 38.4 Å². The lowest BCUT2D eigenvalue weighted by Gasteiger charge is -2.29. The molecule has 0 radical (unpaired) electrons. The Bertz CT molecular complexity index is 1170. The van der Waals surface area contributed by atoms with Crippen LogP contribution < -0.4 is 38.1 Å². The molecule has 0 unspecified atom stereocenters. The van der Waals surface area contributed by atoms with Gasteiger partial charge in [0.25, 0.3) is 0 Å². The second-order valence-electron chi connectivity index (χ2n) is 11.5. The zero-order chi connectivity index (χ0) is 36.0. The van der Waals surface area contributed by atoms with E-state index in [0.29, 0.717) is 6.42 Å². The number of carboxylic acid groups (broad SMARTS) is 1. The molecule has 1 aliphatic heterocycles. The van der Waals surface area contributed by atoms with E-state index in [1.165, 1.54) is 6.92 Å². The predicted molar refractivity (Wildman–Crippen MR) is 160 cm³/mol. The molecule has 0 aromatic carbocycles. The maximum atomic E-state index is 13.2. The largest absolute Gasteiger partial charge is 0.480 e. The number of carboxylic acids is 1. The summed E-state index contributed by atoms with van der Waals surface area (Å²) in [6.45, 7) is 1.99. The fourth-order valence-electron chi connectivity index (χ4n) is 4.57. The minimum Gasteiger partial charge on any atom is -0.480 e. The molecule has 1 heterocycles. The van der Waals surface area contributed by atoms with E-state index in [4.69, 9.17) is 11.5 Å². The van der Waals surface area contributed by atoms with Crippen molar-refractivity contribution in [2.75, 3.05) is 26.4 Å². The van der Waals surface area contributed by atoms with Gasteiger partial charge >= 0.3 is 5.97 Å². The Hall–Kier alpha value is -4.40. The van der Waals surface area contributed by atoms with E-state index in [2.05, 4.69) is 26.6 Å². The molecule has 47 heavy (non-hydrogen) atoms. The highest BCUT2D eigenvalue weighted by Crippen LogP contribution is 2.19. The van der Waals surface area contributed by atoms with Crippen molar-refractivity contribution in [2.24, 2.45) is 17.4 Å². The Morgan fingerprint density at radius 2 is 1.26 bits per heavy atom. The van der Waals surface area contributed by atoms with Crippen molar-refractivity contribution < 1.29 is 58.8 Å². The monoisotopic (exact) mass is 674 g/mol. The third-order valence-electron chi connectivity index (χ3n) is 7.10. The van der Waals surface area contributed by atoms with Gasteiger partial charge in [0.15, 0.2) is 0 Å². The van der Waals surface area contributed by atoms with Crippen LogP contribution >= 0.6 is 0 Å². The number of likely N-dealkylation sites (tertiary alicyclic amines) is 1. The van der Waals surface area contributed by atoms with E-state index in [1.807, 2.05) is 0 Å². The van der Waals surface area contributed by atoms with Gasteiger partial charge in [-0.1, -0.05) is 13.8 Å². The minimum atomic E-state index is -1.65. The Balaban J connectivity index is 2.88. The summed E-state index contributed by atoms with van der Waals surface area (Å²) >= 11 is 0. The standard InChI is InChI=1S/C27H46N8O12/c1-12(2)7-15(27(46)47)31-23(42)16(9-36)32-24(43)17(10-37)33-25(44)19-5-4-6-35(19)26(45)18(11-38)34-21(40)13(3)30-22(41)14(28)8-20(29)39/h12-19,36-38H,4-11,28H2,1-3H3,(H2,29,39)(H,30,41)(H,31,42)(H,32,43)(H,33,44)(H,34,40)(H,46,47)/t13-,14-,15-,16-,17-,18-,19-/m0/s1. The first-order valence-electron chi connectivity index (χ1n) is 14.9. The highest BCUT2D eigenvalue weighted by atomic mass is 16.4. The molecule has 0 aromatic heterocycles. The summed E-state index contributed by atoms with van der Waals surface area (Å²) in [5.41, 5.74) is 10.5. The number of aliphatic hydroxyl groups excluding tert-OH is 3. The van der Waals surface area contributed by atoms with Crippen LogP contribution in [0.15, 0.2) is 0 Å². The molecule has 0 saturated carbocycles. The first-order valence-corrected chi connectivity index (χ1v) is 14.9. The van der Waals surface area contributed by atoms with E-state index in [-0.39, 0.29) is 25.3 Å². The fourth-order valence-corrected chi connectivity index (χ4v) is 4.57. The van der Waals surface area contributed by atoms with Gasteiger partial charge in [-0.15, -0.1) is 0 Å². The number of carbonyl (C=O) groups excluding carboxylic acids is 7. The van der Waals surface area contributed by atoms with Crippen LogP contribution in [0.25, 0.3) is 0 Å². The summed E-state index contributed by atoms with van der Waals surface area (Å²) in [7, 11) is 0. The molecule has 1 saturated heterocycles. The molecule has 0 aromatic rings. The lowest BCUT2D eigenvalue weighted by atomic mass is 10.0. The molecule has 1 rings (SSSR count). The van der Waals surface area contributed by atoms with E-state index in [1.54, 1.807) is 13.8 Å².